The molecule has 4 heteroatoms. The van der Waals surface area contributed by atoms with Crippen molar-refractivity contribution in [2.24, 2.45) is 0 Å². The number of ether oxygens (including phenoxy) is 2. The largest absolute Gasteiger partial charge is 0.494 e. The topological polar surface area (TPSA) is 47.6 Å². The maximum absolute atomic E-state index is 13.0. The maximum Gasteiger partial charge on any atom is 0.265 e. The highest BCUT2D eigenvalue weighted by Gasteiger charge is 2.21. The molecule has 0 saturated carbocycles. The van der Waals surface area contributed by atoms with Gasteiger partial charge >= 0.3 is 0 Å². The molecule has 2 unspecified atom stereocenters. The molecule has 0 aliphatic carbocycles. The fraction of sp³-hybridized carbons (Fsp3) is 0.345. The molecule has 3 rings (SSSR count). The molecule has 1 N–H and O–H groups in total. The average Bonchev–Trinajstić information content (AvgIpc) is 2.85. The Kier molecular flexibility index (Phi) is 9.37. The number of carbonyl (C=O) groups is 1. The zero-order valence-electron chi connectivity index (χ0n) is 19.9. The third-order valence-corrected chi connectivity index (χ3v) is 5.82. The monoisotopic (exact) mass is 445 g/mol. The summed E-state index contributed by atoms with van der Waals surface area (Å²) in [6, 6.07) is 25.9. The number of nitrogens with one attached hydrogen (secondary N) is 1. The summed E-state index contributed by atoms with van der Waals surface area (Å²) >= 11 is 0. The maximum atomic E-state index is 13.0. The number of amides is 1. The van der Waals surface area contributed by atoms with Crippen LogP contribution in [0.1, 0.15) is 57.1 Å². The number of carbonyl (C=O) groups excluding carboxylic acids is 1. The Morgan fingerprint density at radius 3 is 2.42 bits per heavy atom. The van der Waals surface area contributed by atoms with E-state index in [1.54, 1.807) is 0 Å². The Labute approximate surface area is 197 Å². The molecule has 0 fully saturated rings. The van der Waals surface area contributed by atoms with Crippen LogP contribution in [0.15, 0.2) is 78.9 Å². The second kappa shape index (κ2) is 12.7. The first-order valence-electron chi connectivity index (χ1n) is 11.9. The molecule has 0 aromatic heterocycles. The zero-order valence-corrected chi connectivity index (χ0v) is 19.9. The number of hydrogen-bond donors (Lipinski definition) is 1. The first-order chi connectivity index (χ1) is 16.1. The van der Waals surface area contributed by atoms with Crippen molar-refractivity contribution in [2.75, 3.05) is 11.9 Å². The molecule has 1 amide bonds. The van der Waals surface area contributed by atoms with Crippen molar-refractivity contribution in [1.82, 2.24) is 0 Å². The van der Waals surface area contributed by atoms with Crippen LogP contribution < -0.4 is 14.8 Å². The molecule has 3 aromatic rings. The van der Waals surface area contributed by atoms with Gasteiger partial charge in [-0.3, -0.25) is 4.79 Å². The molecule has 33 heavy (non-hydrogen) atoms. The number of anilines is 1. The van der Waals surface area contributed by atoms with Gasteiger partial charge < -0.3 is 14.8 Å². The van der Waals surface area contributed by atoms with E-state index in [9.17, 15) is 4.79 Å². The van der Waals surface area contributed by atoms with E-state index in [1.807, 2.05) is 55.5 Å². The van der Waals surface area contributed by atoms with Crippen molar-refractivity contribution < 1.29 is 14.3 Å². The van der Waals surface area contributed by atoms with E-state index in [0.29, 0.717) is 24.6 Å². The van der Waals surface area contributed by atoms with Crippen LogP contribution in [0.5, 0.6) is 11.5 Å². The zero-order chi connectivity index (χ0) is 23.5. The van der Waals surface area contributed by atoms with Crippen LogP contribution in [-0.4, -0.2) is 18.6 Å². The highest BCUT2D eigenvalue weighted by molar-refractivity contribution is 5.94. The van der Waals surface area contributed by atoms with Gasteiger partial charge in [0.05, 0.1) is 6.61 Å². The summed E-state index contributed by atoms with van der Waals surface area (Å²) in [7, 11) is 0. The minimum Gasteiger partial charge on any atom is -0.494 e. The lowest BCUT2D eigenvalue weighted by atomic mass is 9.98. The molecule has 2 atom stereocenters. The van der Waals surface area contributed by atoms with E-state index in [4.69, 9.17) is 9.47 Å². The lowest BCUT2D eigenvalue weighted by molar-refractivity contribution is -0.122. The Bertz CT molecular complexity index is 1000. The Morgan fingerprint density at radius 1 is 0.909 bits per heavy atom. The minimum absolute atomic E-state index is 0.155. The number of para-hydroxylation sites is 1. The van der Waals surface area contributed by atoms with Gasteiger partial charge in [-0.1, -0.05) is 75.4 Å². The summed E-state index contributed by atoms with van der Waals surface area (Å²) in [6.45, 7) is 6.92. The molecule has 0 aliphatic heterocycles. The molecular weight excluding hydrogens is 410 g/mol. The van der Waals surface area contributed by atoms with Crippen LogP contribution in [0.25, 0.3) is 0 Å². The second-order valence-electron chi connectivity index (χ2n) is 8.32. The van der Waals surface area contributed by atoms with Crippen molar-refractivity contribution in [3.63, 3.8) is 0 Å². The smallest absolute Gasteiger partial charge is 0.265 e. The summed E-state index contributed by atoms with van der Waals surface area (Å²) in [5.74, 6) is 1.75. The predicted octanol–water partition coefficient (Wildman–Crippen LogP) is 7.01. The van der Waals surface area contributed by atoms with E-state index < -0.39 is 6.10 Å². The Morgan fingerprint density at radius 2 is 1.67 bits per heavy atom. The summed E-state index contributed by atoms with van der Waals surface area (Å²) in [5.41, 5.74) is 3.15. The first-order valence-corrected chi connectivity index (χ1v) is 11.9. The molecule has 0 saturated heterocycles. The Balaban J connectivity index is 1.55. The van der Waals surface area contributed by atoms with E-state index in [1.165, 1.54) is 5.56 Å². The van der Waals surface area contributed by atoms with Crippen LogP contribution in [0.4, 0.5) is 5.69 Å². The molecule has 0 heterocycles. The van der Waals surface area contributed by atoms with Crippen molar-refractivity contribution in [3.05, 3.63) is 90.0 Å². The number of benzene rings is 3. The van der Waals surface area contributed by atoms with Gasteiger partial charge in [0.25, 0.3) is 5.91 Å². The third kappa shape index (κ3) is 7.38. The SMILES string of the molecule is CCC(Oc1ccccc1C(C)CC)C(=O)Nc1cccc(OCCCc2ccccc2)c1. The van der Waals surface area contributed by atoms with Crippen molar-refractivity contribution in [2.45, 2.75) is 58.5 Å². The summed E-state index contributed by atoms with van der Waals surface area (Å²) < 4.78 is 12.1. The van der Waals surface area contributed by atoms with E-state index >= 15 is 0 Å². The van der Waals surface area contributed by atoms with Gasteiger partial charge in [-0.25, -0.2) is 0 Å². The van der Waals surface area contributed by atoms with Crippen LogP contribution >= 0.6 is 0 Å². The standard InChI is InChI=1S/C29H35NO3/c1-4-22(3)26-18-9-10-19-28(26)33-27(5-2)29(31)30-24-16-11-17-25(21-24)32-20-12-15-23-13-7-6-8-14-23/h6-11,13-14,16-19,21-22,27H,4-5,12,15,20H2,1-3H3,(H,30,31). The van der Waals surface area contributed by atoms with Crippen molar-refractivity contribution in [3.8, 4) is 11.5 Å². The molecule has 174 valence electrons. The Hall–Kier alpha value is -3.27. The molecular formula is C29H35NO3. The van der Waals surface area contributed by atoms with Crippen molar-refractivity contribution in [1.29, 1.82) is 0 Å². The van der Waals surface area contributed by atoms with Gasteiger partial charge in [0.15, 0.2) is 6.10 Å². The van der Waals surface area contributed by atoms with Crippen molar-refractivity contribution >= 4 is 11.6 Å². The average molecular weight is 446 g/mol. The third-order valence-electron chi connectivity index (χ3n) is 5.82. The van der Waals surface area contributed by atoms with Gasteiger partial charge in [0, 0.05) is 11.8 Å². The normalized spacial score (nSPS) is 12.6. The van der Waals surface area contributed by atoms with Gasteiger partial charge in [0.2, 0.25) is 0 Å². The summed E-state index contributed by atoms with van der Waals surface area (Å²) in [5, 5.41) is 2.99. The highest BCUT2D eigenvalue weighted by atomic mass is 16.5. The van der Waals surface area contributed by atoms with Crippen LogP contribution in [0, 0.1) is 0 Å². The van der Waals surface area contributed by atoms with Gasteiger partial charge in [-0.2, -0.15) is 0 Å². The van der Waals surface area contributed by atoms with E-state index in [-0.39, 0.29) is 5.91 Å². The van der Waals surface area contributed by atoms with E-state index in [2.05, 4.69) is 49.5 Å². The second-order valence-corrected chi connectivity index (χ2v) is 8.32. The molecule has 0 spiro atoms. The quantitative estimate of drug-likeness (QED) is 0.305. The molecule has 0 aliphatic rings. The lowest BCUT2D eigenvalue weighted by Crippen LogP contribution is -2.32. The first kappa shape index (κ1) is 24.4. The fourth-order valence-electron chi connectivity index (χ4n) is 3.69. The minimum atomic E-state index is -0.564. The van der Waals surface area contributed by atoms with Crippen LogP contribution in [-0.2, 0) is 11.2 Å². The predicted molar refractivity (Wildman–Crippen MR) is 135 cm³/mol. The fourth-order valence-corrected chi connectivity index (χ4v) is 3.69. The molecule has 0 bridgehead atoms. The number of rotatable bonds is 12. The highest BCUT2D eigenvalue weighted by Crippen LogP contribution is 2.29. The molecule has 0 radical (unpaired) electrons. The van der Waals surface area contributed by atoms with E-state index in [0.717, 1.165) is 36.3 Å². The summed E-state index contributed by atoms with van der Waals surface area (Å²) in [4.78, 5) is 13.0. The van der Waals surface area contributed by atoms with Gasteiger partial charge in [-0.15, -0.1) is 0 Å². The molecule has 3 aromatic carbocycles. The molecule has 4 nitrogen and oxygen atoms in total. The summed E-state index contributed by atoms with van der Waals surface area (Å²) in [6.07, 6.45) is 2.94. The number of hydrogen-bond acceptors (Lipinski definition) is 3. The van der Waals surface area contributed by atoms with Gasteiger partial charge in [0.1, 0.15) is 11.5 Å². The van der Waals surface area contributed by atoms with Crippen LogP contribution in [0.3, 0.4) is 0 Å². The van der Waals surface area contributed by atoms with Crippen LogP contribution in [0.2, 0.25) is 0 Å². The lowest BCUT2D eigenvalue weighted by Gasteiger charge is -2.21. The van der Waals surface area contributed by atoms with Gasteiger partial charge in [-0.05, 0) is 60.9 Å². The number of aryl methyl sites for hydroxylation is 1.